The number of aryl methyl sites for hydroxylation is 2. The van der Waals surface area contributed by atoms with Crippen molar-refractivity contribution in [2.24, 2.45) is 0 Å². The van der Waals surface area contributed by atoms with Crippen LogP contribution in [-0.2, 0) is 6.50 Å². The predicted molar refractivity (Wildman–Crippen MR) is 32.6 cm³/mol. The lowest BCUT2D eigenvalue weighted by molar-refractivity contribution is 0.659. The van der Waals surface area contributed by atoms with Gasteiger partial charge in [0.1, 0.15) is 0 Å². The summed E-state index contributed by atoms with van der Waals surface area (Å²) in [5.74, 6) is 0. The first kappa shape index (κ1) is 3.28. The second-order valence-electron chi connectivity index (χ2n) is 1.69. The molecule has 1 aromatic rings. The number of aromatic nitrogens is 2. The van der Waals surface area contributed by atoms with Gasteiger partial charge in [0.15, 0.2) is 0 Å². The Balaban J connectivity index is 2.96. The maximum Gasteiger partial charge on any atom is 0.0518 e. The zero-order valence-electron chi connectivity index (χ0n) is 7.05. The lowest BCUT2D eigenvalue weighted by Crippen LogP contribution is -1.91. The van der Waals surface area contributed by atoms with Crippen LogP contribution >= 0.6 is 0 Å². The molecule has 0 aliphatic heterocycles. The summed E-state index contributed by atoms with van der Waals surface area (Å²) >= 11 is 0. The number of hydrogen-bond donors (Lipinski definition) is 0. The standard InChI is InChI=1S/C6H10N2/c1-3-8-5-6(2)4-7-8/h4-5H,3H2,1-2H3/i3D2. The van der Waals surface area contributed by atoms with Crippen molar-refractivity contribution in [2.75, 3.05) is 0 Å². The molecule has 0 bridgehead atoms. The first-order valence-corrected chi connectivity index (χ1v) is 2.52. The van der Waals surface area contributed by atoms with Crippen LogP contribution in [0.4, 0.5) is 0 Å². The molecule has 0 saturated carbocycles. The van der Waals surface area contributed by atoms with E-state index in [4.69, 9.17) is 2.74 Å². The van der Waals surface area contributed by atoms with E-state index < -0.39 is 6.50 Å². The van der Waals surface area contributed by atoms with Gasteiger partial charge in [-0.3, -0.25) is 4.68 Å². The van der Waals surface area contributed by atoms with Gasteiger partial charge in [0.2, 0.25) is 0 Å². The Kier molecular flexibility index (Phi) is 0.814. The van der Waals surface area contributed by atoms with Crippen LogP contribution in [0.5, 0.6) is 0 Å². The van der Waals surface area contributed by atoms with Crippen molar-refractivity contribution in [1.82, 2.24) is 9.78 Å². The van der Waals surface area contributed by atoms with E-state index in [1.807, 2.05) is 6.92 Å². The Bertz CT molecular complexity index is 224. The molecule has 1 rings (SSSR count). The highest BCUT2D eigenvalue weighted by atomic mass is 15.3. The second kappa shape index (κ2) is 1.99. The average Bonchev–Trinajstić information content (AvgIpc) is 2.11. The third kappa shape index (κ3) is 0.886. The molecule has 0 radical (unpaired) electrons. The normalized spacial score (nSPS) is 15.2. The molecule has 44 valence electrons. The third-order valence-corrected chi connectivity index (χ3v) is 0.941. The summed E-state index contributed by atoms with van der Waals surface area (Å²) < 4.78 is 15.8. The van der Waals surface area contributed by atoms with E-state index in [0.29, 0.717) is 0 Å². The molecule has 0 N–H and O–H groups in total. The van der Waals surface area contributed by atoms with Gasteiger partial charge in [0.25, 0.3) is 0 Å². The molecule has 0 spiro atoms. The molecule has 0 saturated heterocycles. The molecule has 0 aromatic carbocycles. The van der Waals surface area contributed by atoms with Gasteiger partial charge in [-0.1, -0.05) is 0 Å². The molecule has 8 heavy (non-hydrogen) atoms. The van der Waals surface area contributed by atoms with Gasteiger partial charge in [0.05, 0.1) is 8.94 Å². The smallest absolute Gasteiger partial charge is 0.0518 e. The maximum absolute atomic E-state index is 7.25. The molecule has 0 amide bonds. The Morgan fingerprint density at radius 3 is 3.00 bits per heavy atom. The van der Waals surface area contributed by atoms with E-state index in [2.05, 4.69) is 5.10 Å². The van der Waals surface area contributed by atoms with E-state index in [1.165, 1.54) is 11.6 Å². The second-order valence-corrected chi connectivity index (χ2v) is 1.69. The Morgan fingerprint density at radius 1 is 2.00 bits per heavy atom. The quantitative estimate of drug-likeness (QED) is 0.534. The Hall–Kier alpha value is -0.790. The topological polar surface area (TPSA) is 17.8 Å². The lowest BCUT2D eigenvalue weighted by Gasteiger charge is -1.88. The van der Waals surface area contributed by atoms with E-state index in [-0.39, 0.29) is 0 Å². The molecule has 0 fully saturated rings. The van der Waals surface area contributed by atoms with E-state index >= 15 is 0 Å². The summed E-state index contributed by atoms with van der Waals surface area (Å²) in [6.45, 7) is 1.98. The van der Waals surface area contributed by atoms with Crippen LogP contribution in [0, 0.1) is 6.92 Å². The van der Waals surface area contributed by atoms with Crippen LogP contribution in [0.15, 0.2) is 12.4 Å². The van der Waals surface area contributed by atoms with Crippen LogP contribution in [0.3, 0.4) is 0 Å². The number of nitrogens with zero attached hydrogens (tertiary/aromatic N) is 2. The van der Waals surface area contributed by atoms with Gasteiger partial charge in [-0.15, -0.1) is 0 Å². The van der Waals surface area contributed by atoms with Crippen LogP contribution in [0.1, 0.15) is 15.2 Å². The monoisotopic (exact) mass is 112 g/mol. The summed E-state index contributed by atoms with van der Waals surface area (Å²) in [6, 6.07) is 0. The van der Waals surface area contributed by atoms with E-state index in [0.717, 1.165) is 5.56 Å². The summed E-state index contributed by atoms with van der Waals surface area (Å²) in [7, 11) is 0. The van der Waals surface area contributed by atoms with Gasteiger partial charge >= 0.3 is 0 Å². The third-order valence-electron chi connectivity index (χ3n) is 0.941. The molecule has 0 aliphatic carbocycles. The summed E-state index contributed by atoms with van der Waals surface area (Å²) in [4.78, 5) is 0. The van der Waals surface area contributed by atoms with Crippen molar-refractivity contribution in [1.29, 1.82) is 0 Å². The fraction of sp³-hybridized carbons (Fsp3) is 0.500. The molecule has 1 aromatic heterocycles. The molecule has 2 heteroatoms. The first-order chi connectivity index (χ1) is 4.50. The van der Waals surface area contributed by atoms with Crippen LogP contribution in [-0.4, -0.2) is 9.78 Å². The molecule has 0 aliphatic rings. The number of rotatable bonds is 1. The minimum atomic E-state index is -1.38. The summed E-state index contributed by atoms with van der Waals surface area (Å²) in [5.41, 5.74) is 0.978. The van der Waals surface area contributed by atoms with Crippen LogP contribution in [0.25, 0.3) is 0 Å². The molecular formula is C6H10N2. The van der Waals surface area contributed by atoms with Gasteiger partial charge in [-0.2, -0.15) is 5.10 Å². The van der Waals surface area contributed by atoms with Crippen molar-refractivity contribution in [3.63, 3.8) is 0 Å². The first-order valence-electron chi connectivity index (χ1n) is 3.52. The maximum atomic E-state index is 7.25. The highest BCUT2D eigenvalue weighted by Gasteiger charge is 1.86. The average molecular weight is 112 g/mol. The van der Waals surface area contributed by atoms with Crippen molar-refractivity contribution >= 4 is 0 Å². The fourth-order valence-electron chi connectivity index (χ4n) is 0.535. The Labute approximate surface area is 51.9 Å². The largest absolute Gasteiger partial charge is 0.273 e. The highest BCUT2D eigenvalue weighted by Crippen LogP contribution is 1.91. The van der Waals surface area contributed by atoms with Gasteiger partial charge in [-0.05, 0) is 19.4 Å². The van der Waals surface area contributed by atoms with Gasteiger partial charge < -0.3 is 0 Å². The number of hydrogen-bond acceptors (Lipinski definition) is 1. The van der Waals surface area contributed by atoms with Crippen molar-refractivity contribution < 1.29 is 2.74 Å². The molecule has 0 unspecified atom stereocenters. The van der Waals surface area contributed by atoms with Crippen molar-refractivity contribution in [3.8, 4) is 0 Å². The van der Waals surface area contributed by atoms with Crippen LogP contribution < -0.4 is 0 Å². The summed E-state index contributed by atoms with van der Waals surface area (Å²) in [6.07, 6.45) is 3.32. The molecule has 0 atom stereocenters. The zero-order valence-corrected chi connectivity index (χ0v) is 5.05. The van der Waals surface area contributed by atoms with Gasteiger partial charge in [-0.25, -0.2) is 0 Å². The van der Waals surface area contributed by atoms with Crippen LogP contribution in [0.2, 0.25) is 0 Å². The van der Waals surface area contributed by atoms with E-state index in [1.54, 1.807) is 12.4 Å². The SMILES string of the molecule is [2H]C([2H])(C)n1cc(C)cn1. The fourth-order valence-corrected chi connectivity index (χ4v) is 0.535. The molecule has 1 heterocycles. The summed E-state index contributed by atoms with van der Waals surface area (Å²) in [5, 5.41) is 3.83. The lowest BCUT2D eigenvalue weighted by atomic mass is 10.4. The van der Waals surface area contributed by atoms with Crippen molar-refractivity contribution in [3.05, 3.63) is 18.0 Å². The minimum absolute atomic E-state index is 0.978. The Morgan fingerprint density at radius 2 is 2.75 bits per heavy atom. The molecular weight excluding hydrogens is 100 g/mol. The molecule has 2 nitrogen and oxygen atoms in total. The minimum Gasteiger partial charge on any atom is -0.273 e. The predicted octanol–water partition coefficient (Wildman–Crippen LogP) is 1.21. The van der Waals surface area contributed by atoms with E-state index in [9.17, 15) is 0 Å². The van der Waals surface area contributed by atoms with Crippen molar-refractivity contribution in [2.45, 2.75) is 20.3 Å². The highest BCUT2D eigenvalue weighted by molar-refractivity contribution is 4.98. The zero-order chi connectivity index (χ0) is 7.78. The van der Waals surface area contributed by atoms with Gasteiger partial charge in [0, 0.05) is 12.7 Å².